The number of hydrogen-bond acceptors (Lipinski definition) is 4. The van der Waals surface area contributed by atoms with Crippen molar-refractivity contribution in [2.45, 2.75) is 13.5 Å². The molecule has 0 spiro atoms. The Labute approximate surface area is 138 Å². The summed E-state index contributed by atoms with van der Waals surface area (Å²) in [5.41, 5.74) is 1.74. The number of hydrogen-bond donors (Lipinski definition) is 1. The number of rotatable bonds is 5. The smallest absolute Gasteiger partial charge is 0.388 e. The van der Waals surface area contributed by atoms with Gasteiger partial charge in [-0.3, -0.25) is 4.79 Å². The van der Waals surface area contributed by atoms with Gasteiger partial charge in [-0.15, -0.1) is 0 Å². The monoisotopic (exact) mass is 333 g/mol. The molecule has 0 atom stereocenters. The van der Waals surface area contributed by atoms with Crippen LogP contribution in [0.4, 0.5) is 20.2 Å². The third-order valence-corrected chi connectivity index (χ3v) is 3.83. The lowest BCUT2D eigenvalue weighted by Crippen LogP contribution is -2.52. The molecule has 5 nitrogen and oxygen atoms in total. The second kappa shape index (κ2) is 6.82. The first-order chi connectivity index (χ1) is 11.5. The number of benzene rings is 1. The minimum atomic E-state index is -2.99. The van der Waals surface area contributed by atoms with Gasteiger partial charge in [-0.2, -0.15) is 8.78 Å². The zero-order valence-electron chi connectivity index (χ0n) is 13.1. The third-order valence-electron chi connectivity index (χ3n) is 3.83. The number of nitrogens with zero attached hydrogens (tertiary/aromatic N) is 2. The Kier molecular flexibility index (Phi) is 4.59. The van der Waals surface area contributed by atoms with Crippen molar-refractivity contribution in [3.63, 3.8) is 0 Å². The van der Waals surface area contributed by atoms with Crippen LogP contribution in [0.25, 0.3) is 0 Å². The van der Waals surface area contributed by atoms with E-state index in [0.29, 0.717) is 18.8 Å². The highest BCUT2D eigenvalue weighted by Gasteiger charge is 2.33. The largest absolute Gasteiger partial charge is 0.415 e. The molecule has 0 aliphatic carbocycles. The molecule has 1 aromatic heterocycles. The fraction of sp³-hybridized carbons (Fsp3) is 0.294. The molecule has 7 heteroatoms. The number of para-hydroxylation sites is 1. The lowest BCUT2D eigenvalue weighted by Gasteiger charge is -2.40. The van der Waals surface area contributed by atoms with E-state index in [1.807, 2.05) is 30.3 Å². The Balaban J connectivity index is 1.62. The number of alkyl halides is 2. The van der Waals surface area contributed by atoms with Crippen LogP contribution in [0.5, 0.6) is 5.88 Å². The van der Waals surface area contributed by atoms with Crippen LogP contribution < -0.4 is 15.0 Å². The summed E-state index contributed by atoms with van der Waals surface area (Å²) in [6.07, 6.45) is 0. The summed E-state index contributed by atoms with van der Waals surface area (Å²) in [5, 5.41) is 2.63. The van der Waals surface area contributed by atoms with Gasteiger partial charge in [-0.1, -0.05) is 18.2 Å². The quantitative estimate of drug-likeness (QED) is 0.914. The first kappa shape index (κ1) is 16.2. The summed E-state index contributed by atoms with van der Waals surface area (Å²) >= 11 is 0. The van der Waals surface area contributed by atoms with Gasteiger partial charge in [0.2, 0.25) is 11.8 Å². The van der Waals surface area contributed by atoms with Crippen molar-refractivity contribution in [3.8, 4) is 5.88 Å². The van der Waals surface area contributed by atoms with Crippen LogP contribution >= 0.6 is 0 Å². The summed E-state index contributed by atoms with van der Waals surface area (Å²) in [6, 6.07) is 12.9. The number of anilines is 2. The molecular weight excluding hydrogens is 316 g/mol. The maximum Gasteiger partial charge on any atom is 0.388 e. The number of halogens is 2. The highest BCUT2D eigenvalue weighted by Crippen LogP contribution is 2.28. The van der Waals surface area contributed by atoms with Crippen LogP contribution in [0.1, 0.15) is 5.69 Å². The number of carbonyl (C=O) groups is 1. The summed E-state index contributed by atoms with van der Waals surface area (Å²) in [7, 11) is 0. The van der Waals surface area contributed by atoms with E-state index < -0.39 is 6.61 Å². The zero-order chi connectivity index (χ0) is 17.1. The highest BCUT2D eigenvalue weighted by atomic mass is 19.3. The predicted octanol–water partition coefficient (Wildman–Crippen LogP) is 3.07. The van der Waals surface area contributed by atoms with Crippen molar-refractivity contribution in [1.29, 1.82) is 0 Å². The van der Waals surface area contributed by atoms with Gasteiger partial charge < -0.3 is 15.0 Å². The normalized spacial score (nSPS) is 14.4. The van der Waals surface area contributed by atoms with Crippen LogP contribution in [0.15, 0.2) is 42.5 Å². The van der Waals surface area contributed by atoms with Crippen LogP contribution in [0, 0.1) is 12.8 Å². The fourth-order valence-corrected chi connectivity index (χ4v) is 2.53. The van der Waals surface area contributed by atoms with Crippen molar-refractivity contribution < 1.29 is 18.3 Å². The Hall–Kier alpha value is -2.70. The second-order valence-corrected chi connectivity index (χ2v) is 5.61. The van der Waals surface area contributed by atoms with Gasteiger partial charge in [-0.05, 0) is 31.2 Å². The summed E-state index contributed by atoms with van der Waals surface area (Å²) in [4.78, 5) is 18.3. The number of aromatic nitrogens is 1. The van der Waals surface area contributed by atoms with Crippen LogP contribution in [0.2, 0.25) is 0 Å². The van der Waals surface area contributed by atoms with Crippen LogP contribution in [0.3, 0.4) is 0 Å². The molecule has 1 aromatic carbocycles. The number of carbonyl (C=O) groups excluding carboxylic acids is 1. The molecule has 1 N–H and O–H groups in total. The van der Waals surface area contributed by atoms with E-state index in [1.165, 1.54) is 6.07 Å². The topological polar surface area (TPSA) is 54.5 Å². The van der Waals surface area contributed by atoms with Crippen LogP contribution in [-0.4, -0.2) is 30.6 Å². The van der Waals surface area contributed by atoms with Crippen molar-refractivity contribution in [2.24, 2.45) is 5.92 Å². The predicted molar refractivity (Wildman–Crippen MR) is 86.4 cm³/mol. The van der Waals surface area contributed by atoms with Crippen molar-refractivity contribution in [3.05, 3.63) is 48.2 Å². The Morgan fingerprint density at radius 3 is 2.62 bits per heavy atom. The van der Waals surface area contributed by atoms with Gasteiger partial charge in [0.25, 0.3) is 0 Å². The molecule has 1 amide bonds. The van der Waals surface area contributed by atoms with Crippen molar-refractivity contribution in [2.75, 3.05) is 23.3 Å². The second-order valence-electron chi connectivity index (χ2n) is 5.61. The zero-order valence-corrected chi connectivity index (χ0v) is 13.1. The molecule has 1 fully saturated rings. The average Bonchev–Trinajstić information content (AvgIpc) is 2.49. The third kappa shape index (κ3) is 3.61. The molecule has 24 heavy (non-hydrogen) atoms. The Morgan fingerprint density at radius 2 is 1.96 bits per heavy atom. The number of amides is 1. The van der Waals surface area contributed by atoms with Crippen molar-refractivity contribution in [1.82, 2.24) is 4.98 Å². The van der Waals surface area contributed by atoms with Gasteiger partial charge in [0.15, 0.2) is 0 Å². The summed E-state index contributed by atoms with van der Waals surface area (Å²) in [5.74, 6) is -0.699. The molecule has 1 aliphatic rings. The molecular formula is C17H17F2N3O2. The first-order valence-electron chi connectivity index (χ1n) is 7.56. The van der Waals surface area contributed by atoms with Gasteiger partial charge in [0, 0.05) is 24.5 Å². The van der Waals surface area contributed by atoms with E-state index in [2.05, 4.69) is 19.9 Å². The molecule has 1 saturated heterocycles. The Morgan fingerprint density at radius 1 is 1.25 bits per heavy atom. The molecule has 0 unspecified atom stereocenters. The number of nitrogens with one attached hydrogen (secondary N) is 1. The summed E-state index contributed by atoms with van der Waals surface area (Å²) in [6.45, 7) is -0.166. The standard InChI is InChI=1S/C17H17F2N3O2/c1-11-7-8-14(16(20-11)24-17(18)19)21-15(23)12-9-22(10-12)13-5-3-2-4-6-13/h2-8,12,17H,9-10H2,1H3,(H,21,23). The van der Waals surface area contributed by atoms with E-state index in [-0.39, 0.29) is 23.4 Å². The average molecular weight is 333 g/mol. The summed E-state index contributed by atoms with van der Waals surface area (Å²) < 4.78 is 29.3. The number of pyridine rings is 1. The maximum absolute atomic E-state index is 12.5. The first-order valence-corrected chi connectivity index (χ1v) is 7.56. The van der Waals surface area contributed by atoms with E-state index in [0.717, 1.165) is 5.69 Å². The lowest BCUT2D eigenvalue weighted by atomic mass is 9.98. The van der Waals surface area contributed by atoms with Crippen LogP contribution in [-0.2, 0) is 4.79 Å². The molecule has 2 aromatic rings. The van der Waals surface area contributed by atoms with Gasteiger partial charge in [0.05, 0.1) is 5.92 Å². The lowest BCUT2D eigenvalue weighted by molar-refractivity contribution is -0.120. The highest BCUT2D eigenvalue weighted by molar-refractivity contribution is 5.95. The fourth-order valence-electron chi connectivity index (χ4n) is 2.53. The minimum Gasteiger partial charge on any atom is -0.415 e. The molecule has 2 heterocycles. The van der Waals surface area contributed by atoms with Crippen molar-refractivity contribution >= 4 is 17.3 Å². The van der Waals surface area contributed by atoms with Gasteiger partial charge in [-0.25, -0.2) is 4.98 Å². The SMILES string of the molecule is Cc1ccc(NC(=O)C2CN(c3ccccc3)C2)c(OC(F)F)n1. The van der Waals surface area contributed by atoms with Gasteiger partial charge in [0.1, 0.15) is 5.69 Å². The van der Waals surface area contributed by atoms with E-state index in [1.54, 1.807) is 13.0 Å². The number of aryl methyl sites for hydroxylation is 1. The van der Waals surface area contributed by atoms with E-state index >= 15 is 0 Å². The van der Waals surface area contributed by atoms with E-state index in [9.17, 15) is 13.6 Å². The Bertz CT molecular complexity index is 719. The molecule has 0 saturated carbocycles. The molecule has 1 aliphatic heterocycles. The minimum absolute atomic E-state index is 0.157. The molecule has 0 bridgehead atoms. The molecule has 126 valence electrons. The molecule has 0 radical (unpaired) electrons. The van der Waals surface area contributed by atoms with Gasteiger partial charge >= 0.3 is 6.61 Å². The van der Waals surface area contributed by atoms with E-state index in [4.69, 9.17) is 0 Å². The number of ether oxygens (including phenoxy) is 1. The molecule has 3 rings (SSSR count). The maximum atomic E-state index is 12.5.